The molecule has 0 saturated carbocycles. The molecule has 0 aliphatic rings. The molecule has 140 valence electrons. The van der Waals surface area contributed by atoms with Crippen LogP contribution in [0, 0.1) is 0 Å². The van der Waals surface area contributed by atoms with Crippen molar-refractivity contribution in [3.8, 4) is 0 Å². The van der Waals surface area contributed by atoms with E-state index in [1.54, 1.807) is 0 Å². The van der Waals surface area contributed by atoms with Crippen molar-refractivity contribution in [2.45, 2.75) is 103 Å². The molecule has 4 heteroatoms. The van der Waals surface area contributed by atoms with Crippen LogP contribution in [0.2, 0.25) is 0 Å². The Bertz CT molecular complexity index is 350. The van der Waals surface area contributed by atoms with Gasteiger partial charge >= 0.3 is 11.9 Å². The first kappa shape index (κ1) is 22.7. The number of esters is 1. The molecule has 0 aromatic rings. The molecule has 4 nitrogen and oxygen atoms in total. The van der Waals surface area contributed by atoms with Gasteiger partial charge in [0, 0.05) is 12.2 Å². The van der Waals surface area contributed by atoms with Gasteiger partial charge in [-0.2, -0.15) is 0 Å². The van der Waals surface area contributed by atoms with E-state index in [0.717, 1.165) is 50.7 Å². The minimum Gasteiger partial charge on any atom is -0.478 e. The molecule has 0 aromatic heterocycles. The van der Waals surface area contributed by atoms with Gasteiger partial charge in [-0.25, -0.2) is 9.59 Å². The summed E-state index contributed by atoms with van der Waals surface area (Å²) in [6.07, 6.45) is 16.9. The Labute approximate surface area is 147 Å². The van der Waals surface area contributed by atoms with Gasteiger partial charge in [0.1, 0.15) is 6.10 Å². The summed E-state index contributed by atoms with van der Waals surface area (Å²) in [6, 6.07) is 0. The van der Waals surface area contributed by atoms with Crippen LogP contribution in [0.5, 0.6) is 0 Å². The zero-order valence-corrected chi connectivity index (χ0v) is 15.6. The summed E-state index contributed by atoms with van der Waals surface area (Å²) in [5, 5.41) is 8.55. The Morgan fingerprint density at radius 2 is 1.25 bits per heavy atom. The van der Waals surface area contributed by atoms with Crippen LogP contribution in [-0.2, 0) is 14.3 Å². The smallest absolute Gasteiger partial charge is 0.331 e. The molecule has 0 heterocycles. The second kappa shape index (κ2) is 16.5. The fraction of sp³-hybridized carbons (Fsp3) is 0.800. The zero-order chi connectivity index (χ0) is 18.0. The minimum absolute atomic E-state index is 0.0809. The van der Waals surface area contributed by atoms with Gasteiger partial charge in [-0.15, -0.1) is 0 Å². The van der Waals surface area contributed by atoms with Crippen LogP contribution in [0.4, 0.5) is 0 Å². The summed E-state index contributed by atoms with van der Waals surface area (Å²) in [7, 11) is 0. The van der Waals surface area contributed by atoms with E-state index in [0.29, 0.717) is 0 Å². The van der Waals surface area contributed by atoms with E-state index >= 15 is 0 Å². The van der Waals surface area contributed by atoms with Gasteiger partial charge in [-0.3, -0.25) is 0 Å². The number of rotatable bonds is 16. The predicted octanol–water partition coefficient (Wildman–Crippen LogP) is 5.65. The maximum Gasteiger partial charge on any atom is 0.331 e. The SMILES string of the molecule is CCCCCCCCCCC(CCCCC)OC(=O)/C=C\C(=O)O. The molecule has 0 spiro atoms. The number of carbonyl (C=O) groups is 2. The second-order valence-electron chi connectivity index (χ2n) is 6.49. The van der Waals surface area contributed by atoms with Crippen LogP contribution in [0.15, 0.2) is 12.2 Å². The average Bonchev–Trinajstić information content (AvgIpc) is 2.55. The van der Waals surface area contributed by atoms with Crippen molar-refractivity contribution in [2.75, 3.05) is 0 Å². The zero-order valence-electron chi connectivity index (χ0n) is 15.6. The predicted molar refractivity (Wildman–Crippen MR) is 98.0 cm³/mol. The molecule has 0 rings (SSSR count). The maximum absolute atomic E-state index is 11.7. The largest absolute Gasteiger partial charge is 0.478 e. The molecule has 0 radical (unpaired) electrons. The lowest BCUT2D eigenvalue weighted by atomic mass is 10.0. The molecule has 0 saturated heterocycles. The third-order valence-corrected chi connectivity index (χ3v) is 4.15. The lowest BCUT2D eigenvalue weighted by Gasteiger charge is -2.17. The van der Waals surface area contributed by atoms with Gasteiger partial charge < -0.3 is 9.84 Å². The molecule has 1 unspecified atom stereocenters. The number of unbranched alkanes of at least 4 members (excludes halogenated alkanes) is 9. The van der Waals surface area contributed by atoms with E-state index in [1.807, 2.05) is 0 Å². The number of carboxylic acid groups (broad SMARTS) is 1. The molecule has 1 N–H and O–H groups in total. The monoisotopic (exact) mass is 340 g/mol. The third kappa shape index (κ3) is 15.6. The molecular formula is C20H36O4. The van der Waals surface area contributed by atoms with Crippen LogP contribution >= 0.6 is 0 Å². The highest BCUT2D eigenvalue weighted by Crippen LogP contribution is 2.16. The third-order valence-electron chi connectivity index (χ3n) is 4.15. The lowest BCUT2D eigenvalue weighted by molar-refractivity contribution is -0.144. The van der Waals surface area contributed by atoms with Crippen molar-refractivity contribution >= 4 is 11.9 Å². The normalized spacial score (nSPS) is 12.4. The molecule has 0 aliphatic carbocycles. The van der Waals surface area contributed by atoms with Crippen molar-refractivity contribution in [1.29, 1.82) is 0 Å². The standard InChI is InChI=1S/C20H36O4/c1-3-5-7-8-9-10-11-13-15-18(14-12-6-4-2)24-20(23)17-16-19(21)22/h16-18H,3-15H2,1-2H3,(H,21,22)/b17-16-. The van der Waals surface area contributed by atoms with Gasteiger partial charge in [-0.05, 0) is 25.7 Å². The van der Waals surface area contributed by atoms with E-state index in [9.17, 15) is 9.59 Å². The molecule has 0 fully saturated rings. The molecular weight excluding hydrogens is 304 g/mol. The van der Waals surface area contributed by atoms with E-state index in [-0.39, 0.29) is 6.10 Å². The Morgan fingerprint density at radius 3 is 1.79 bits per heavy atom. The second-order valence-corrected chi connectivity index (χ2v) is 6.49. The van der Waals surface area contributed by atoms with Crippen molar-refractivity contribution in [1.82, 2.24) is 0 Å². The molecule has 24 heavy (non-hydrogen) atoms. The van der Waals surface area contributed by atoms with Crippen molar-refractivity contribution in [3.63, 3.8) is 0 Å². The molecule has 0 aromatic carbocycles. The highest BCUT2D eigenvalue weighted by atomic mass is 16.5. The number of hydrogen-bond acceptors (Lipinski definition) is 3. The number of aliphatic carboxylic acids is 1. The first-order valence-electron chi connectivity index (χ1n) is 9.71. The maximum atomic E-state index is 11.7. The van der Waals surface area contributed by atoms with Gasteiger partial charge in [0.25, 0.3) is 0 Å². The highest BCUT2D eigenvalue weighted by Gasteiger charge is 2.12. The highest BCUT2D eigenvalue weighted by molar-refractivity contribution is 5.90. The van der Waals surface area contributed by atoms with Crippen LogP contribution in [0.3, 0.4) is 0 Å². The summed E-state index contributed by atoms with van der Waals surface area (Å²) < 4.78 is 5.42. The quantitative estimate of drug-likeness (QED) is 0.224. The van der Waals surface area contributed by atoms with Crippen molar-refractivity contribution < 1.29 is 19.4 Å². The van der Waals surface area contributed by atoms with E-state index < -0.39 is 11.9 Å². The van der Waals surface area contributed by atoms with Crippen molar-refractivity contribution in [3.05, 3.63) is 12.2 Å². The number of carbonyl (C=O) groups excluding carboxylic acids is 1. The summed E-state index contributed by atoms with van der Waals surface area (Å²) in [6.45, 7) is 4.38. The number of carboxylic acids is 1. The van der Waals surface area contributed by atoms with Gasteiger partial charge in [-0.1, -0.05) is 71.6 Å². The fourth-order valence-corrected chi connectivity index (χ4v) is 2.73. The summed E-state index contributed by atoms with van der Waals surface area (Å²) >= 11 is 0. The van der Waals surface area contributed by atoms with Crippen LogP contribution < -0.4 is 0 Å². The molecule has 1 atom stereocenters. The minimum atomic E-state index is -1.13. The number of ether oxygens (including phenoxy) is 1. The van der Waals surface area contributed by atoms with Crippen molar-refractivity contribution in [2.24, 2.45) is 0 Å². The van der Waals surface area contributed by atoms with E-state index in [4.69, 9.17) is 9.84 Å². The van der Waals surface area contributed by atoms with Crippen LogP contribution in [0.25, 0.3) is 0 Å². The molecule has 0 aliphatic heterocycles. The van der Waals surface area contributed by atoms with Crippen LogP contribution in [0.1, 0.15) is 97.3 Å². The van der Waals surface area contributed by atoms with Gasteiger partial charge in [0.15, 0.2) is 0 Å². The Hall–Kier alpha value is -1.32. The van der Waals surface area contributed by atoms with Gasteiger partial charge in [0.2, 0.25) is 0 Å². The average molecular weight is 341 g/mol. The molecule has 0 amide bonds. The first-order valence-corrected chi connectivity index (χ1v) is 9.71. The van der Waals surface area contributed by atoms with E-state index in [1.165, 1.54) is 44.9 Å². The Kier molecular flexibility index (Phi) is 15.6. The topological polar surface area (TPSA) is 63.6 Å². The molecule has 0 bridgehead atoms. The summed E-state index contributed by atoms with van der Waals surface area (Å²) in [4.78, 5) is 22.1. The lowest BCUT2D eigenvalue weighted by Crippen LogP contribution is -2.17. The summed E-state index contributed by atoms with van der Waals surface area (Å²) in [5.74, 6) is -1.67. The number of hydrogen-bond donors (Lipinski definition) is 1. The van der Waals surface area contributed by atoms with Crippen LogP contribution in [-0.4, -0.2) is 23.1 Å². The van der Waals surface area contributed by atoms with E-state index in [2.05, 4.69) is 13.8 Å². The first-order chi connectivity index (χ1) is 11.6. The van der Waals surface area contributed by atoms with Gasteiger partial charge in [0.05, 0.1) is 0 Å². The Balaban J connectivity index is 3.98. The Morgan fingerprint density at radius 1 is 0.792 bits per heavy atom. The fourth-order valence-electron chi connectivity index (χ4n) is 2.73. The summed E-state index contributed by atoms with van der Waals surface area (Å²) in [5.41, 5.74) is 0.